The van der Waals surface area contributed by atoms with Gasteiger partial charge < -0.3 is 15.3 Å². The van der Waals surface area contributed by atoms with Crippen LogP contribution in [-0.4, -0.2) is 56.0 Å². The fourth-order valence-corrected chi connectivity index (χ4v) is 3.69. The van der Waals surface area contributed by atoms with Crippen molar-refractivity contribution in [1.82, 2.24) is 25.1 Å². The van der Waals surface area contributed by atoms with Crippen LogP contribution in [0.1, 0.15) is 16.6 Å². The van der Waals surface area contributed by atoms with Crippen LogP contribution in [-0.2, 0) is 22.6 Å². The first kappa shape index (κ1) is 23.2. The van der Waals surface area contributed by atoms with Crippen molar-refractivity contribution in [2.24, 2.45) is 0 Å². The number of hydrogen-bond donors (Lipinski definition) is 2. The van der Waals surface area contributed by atoms with Crippen LogP contribution >= 0.6 is 11.3 Å². The number of nitrogens with one attached hydrogen (secondary N) is 1. The van der Waals surface area contributed by atoms with Crippen molar-refractivity contribution in [2.75, 3.05) is 18.0 Å². The van der Waals surface area contributed by atoms with E-state index in [1.165, 1.54) is 4.88 Å². The number of hydrogen-bond acceptors (Lipinski definition) is 7. The second-order valence-electron chi connectivity index (χ2n) is 6.64. The third kappa shape index (κ3) is 6.03. The quantitative estimate of drug-likeness (QED) is 0.591. The van der Waals surface area contributed by atoms with Gasteiger partial charge in [0.25, 0.3) is 0 Å². The topological polar surface area (TPSA) is 113 Å². The number of nitrogens with zero attached hydrogens (tertiary/aromatic N) is 5. The molecule has 9 nitrogen and oxygen atoms in total. The monoisotopic (exact) mass is 468 g/mol. The number of carbonyl (C=O) groups excluding carboxylic acids is 1. The molecule has 3 aromatic rings. The lowest BCUT2D eigenvalue weighted by Gasteiger charge is -2.33. The third-order valence-electron chi connectivity index (χ3n) is 4.42. The second-order valence-corrected chi connectivity index (χ2v) is 7.67. The van der Waals surface area contributed by atoms with Gasteiger partial charge >= 0.3 is 12.1 Å². The highest BCUT2D eigenvalue weighted by Gasteiger charge is 2.38. The zero-order chi connectivity index (χ0) is 23.1. The Morgan fingerprint density at radius 2 is 1.91 bits per heavy atom. The molecule has 0 radical (unpaired) electrons. The number of thiophene rings is 1. The van der Waals surface area contributed by atoms with Gasteiger partial charge in [-0.15, -0.1) is 11.3 Å². The maximum absolute atomic E-state index is 12.7. The molecule has 1 atom stereocenters. The number of halogens is 3. The van der Waals surface area contributed by atoms with Gasteiger partial charge in [0.2, 0.25) is 11.9 Å². The molecule has 0 saturated carbocycles. The van der Waals surface area contributed by atoms with Gasteiger partial charge in [0.15, 0.2) is 0 Å². The molecule has 0 aliphatic carbocycles. The van der Waals surface area contributed by atoms with Gasteiger partial charge in [0.1, 0.15) is 6.04 Å². The Morgan fingerprint density at radius 1 is 1.19 bits per heavy atom. The predicted molar refractivity (Wildman–Crippen MR) is 109 cm³/mol. The van der Waals surface area contributed by atoms with E-state index in [0.717, 1.165) is 12.1 Å². The van der Waals surface area contributed by atoms with Crippen molar-refractivity contribution in [2.45, 2.75) is 25.2 Å². The minimum atomic E-state index is -5.08. The van der Waals surface area contributed by atoms with E-state index in [1.807, 2.05) is 22.4 Å². The molecular formula is C19H19F3N6O3S. The van der Waals surface area contributed by atoms with Crippen LogP contribution in [0.15, 0.2) is 48.2 Å². The smallest absolute Gasteiger partial charge is 0.475 e. The number of amides is 1. The number of aliphatic carboxylic acids is 1. The van der Waals surface area contributed by atoms with Gasteiger partial charge in [-0.25, -0.2) is 14.8 Å². The number of fused-ring (bicyclic) bond motifs is 1. The number of rotatable bonds is 5. The maximum atomic E-state index is 12.7. The molecule has 0 fully saturated rings. The normalized spacial score (nSPS) is 15.3. The molecule has 13 heteroatoms. The summed E-state index contributed by atoms with van der Waals surface area (Å²) in [6.45, 7) is 1.76. The lowest BCUT2D eigenvalue weighted by molar-refractivity contribution is -0.192. The van der Waals surface area contributed by atoms with Crippen molar-refractivity contribution >= 4 is 29.2 Å². The molecule has 0 bridgehead atoms. The van der Waals surface area contributed by atoms with E-state index >= 15 is 0 Å². The molecule has 0 spiro atoms. The standard InChI is InChI=1S/C17H18N6OS.C2HF3O2/c24-16(18-8-5-14-3-1-10-25-14)15-12-22(17-19-6-2-7-20-17)11-13-4-9-21-23(13)15;3-2(4,5)1(6)7/h1-4,6-7,9-10,15H,5,8,11-12H2,(H,18,24);(H,6,7). The molecule has 32 heavy (non-hydrogen) atoms. The largest absolute Gasteiger partial charge is 0.490 e. The summed E-state index contributed by atoms with van der Waals surface area (Å²) in [4.78, 5) is 33.5. The molecule has 2 N–H and O–H groups in total. The molecule has 0 saturated heterocycles. The number of alkyl halides is 3. The average molecular weight is 468 g/mol. The Morgan fingerprint density at radius 3 is 2.53 bits per heavy atom. The van der Waals surface area contributed by atoms with E-state index in [-0.39, 0.29) is 11.9 Å². The number of carbonyl (C=O) groups is 2. The Labute approximate surface area is 184 Å². The van der Waals surface area contributed by atoms with Gasteiger partial charge in [-0.1, -0.05) is 6.07 Å². The minimum Gasteiger partial charge on any atom is -0.475 e. The van der Waals surface area contributed by atoms with Crippen molar-refractivity contribution < 1.29 is 27.9 Å². The first-order valence-electron chi connectivity index (χ1n) is 9.40. The SMILES string of the molecule is O=C(NCCc1cccs1)C1CN(c2ncccn2)Cc2ccnn21.O=C(O)C(F)(F)F. The molecule has 4 rings (SSSR count). The van der Waals surface area contributed by atoms with Gasteiger partial charge in [0, 0.05) is 30.0 Å². The summed E-state index contributed by atoms with van der Waals surface area (Å²) in [5.74, 6) is -2.15. The molecule has 1 aliphatic rings. The van der Waals surface area contributed by atoms with Crippen LogP contribution in [0.3, 0.4) is 0 Å². The van der Waals surface area contributed by atoms with E-state index in [2.05, 4.69) is 26.4 Å². The summed E-state index contributed by atoms with van der Waals surface area (Å²) in [6.07, 6.45) is 0.916. The third-order valence-corrected chi connectivity index (χ3v) is 5.36. The molecular weight excluding hydrogens is 449 g/mol. The summed E-state index contributed by atoms with van der Waals surface area (Å²) in [6, 6.07) is 7.44. The molecule has 1 aliphatic heterocycles. The predicted octanol–water partition coefficient (Wildman–Crippen LogP) is 2.29. The lowest BCUT2D eigenvalue weighted by atomic mass is 10.2. The van der Waals surface area contributed by atoms with E-state index < -0.39 is 12.1 Å². The summed E-state index contributed by atoms with van der Waals surface area (Å²) in [7, 11) is 0. The highest BCUT2D eigenvalue weighted by Crippen LogP contribution is 2.23. The van der Waals surface area contributed by atoms with E-state index in [1.54, 1.807) is 40.7 Å². The zero-order valence-electron chi connectivity index (χ0n) is 16.6. The number of aromatic nitrogens is 4. The summed E-state index contributed by atoms with van der Waals surface area (Å²) >= 11 is 1.70. The molecule has 0 aromatic carbocycles. The van der Waals surface area contributed by atoms with Gasteiger partial charge in [-0.2, -0.15) is 18.3 Å². The highest BCUT2D eigenvalue weighted by molar-refractivity contribution is 7.09. The summed E-state index contributed by atoms with van der Waals surface area (Å²) < 4.78 is 33.5. The zero-order valence-corrected chi connectivity index (χ0v) is 17.4. The molecule has 170 valence electrons. The Hall–Kier alpha value is -3.48. The lowest BCUT2D eigenvalue weighted by Crippen LogP contribution is -2.46. The summed E-state index contributed by atoms with van der Waals surface area (Å²) in [5.41, 5.74) is 0.983. The Balaban J connectivity index is 0.000000360. The first-order valence-corrected chi connectivity index (χ1v) is 10.3. The molecule has 1 unspecified atom stereocenters. The molecule has 3 aromatic heterocycles. The maximum Gasteiger partial charge on any atom is 0.490 e. The fraction of sp³-hybridized carbons (Fsp3) is 0.316. The van der Waals surface area contributed by atoms with Crippen LogP contribution in [0.4, 0.5) is 19.1 Å². The highest BCUT2D eigenvalue weighted by atomic mass is 32.1. The van der Waals surface area contributed by atoms with Crippen LogP contribution in [0, 0.1) is 0 Å². The van der Waals surface area contributed by atoms with Crippen molar-refractivity contribution in [3.63, 3.8) is 0 Å². The van der Waals surface area contributed by atoms with Crippen molar-refractivity contribution in [1.29, 1.82) is 0 Å². The number of anilines is 1. The van der Waals surface area contributed by atoms with Crippen LogP contribution in [0.2, 0.25) is 0 Å². The Kier molecular flexibility index (Phi) is 7.41. The second kappa shape index (κ2) is 10.2. The number of carboxylic acids is 1. The summed E-state index contributed by atoms with van der Waals surface area (Å²) in [5, 5.41) is 16.5. The van der Waals surface area contributed by atoms with Crippen molar-refractivity contribution in [3.8, 4) is 0 Å². The van der Waals surface area contributed by atoms with Crippen LogP contribution in [0.5, 0.6) is 0 Å². The van der Waals surface area contributed by atoms with Crippen LogP contribution in [0.25, 0.3) is 0 Å². The van der Waals surface area contributed by atoms with Crippen LogP contribution < -0.4 is 10.2 Å². The average Bonchev–Trinajstić information content (AvgIpc) is 3.45. The molecule has 1 amide bonds. The number of carboxylic acid groups (broad SMARTS) is 1. The minimum absolute atomic E-state index is 0.0258. The first-order chi connectivity index (χ1) is 15.3. The van der Waals surface area contributed by atoms with Gasteiger partial charge in [-0.3, -0.25) is 9.48 Å². The van der Waals surface area contributed by atoms with E-state index in [4.69, 9.17) is 9.90 Å². The van der Waals surface area contributed by atoms with E-state index in [0.29, 0.717) is 25.6 Å². The van der Waals surface area contributed by atoms with Gasteiger partial charge in [-0.05, 0) is 30.0 Å². The van der Waals surface area contributed by atoms with Gasteiger partial charge in [0.05, 0.1) is 18.8 Å². The molecule has 4 heterocycles. The Bertz CT molecular complexity index is 1030. The van der Waals surface area contributed by atoms with E-state index in [9.17, 15) is 18.0 Å². The fourth-order valence-electron chi connectivity index (χ4n) is 2.98. The van der Waals surface area contributed by atoms with Crippen molar-refractivity contribution in [3.05, 3.63) is 58.8 Å².